The SMILES string of the molecule is CCc1ccc2nc(NC(=O)C(CC3CCCC3)c3ccc(S(=O)(=O)C4CC[N+](C)(C)CC4)cc3)sc2n1. The number of thiazole rings is 1. The van der Waals surface area contributed by atoms with Crippen LogP contribution in [-0.2, 0) is 21.1 Å². The van der Waals surface area contributed by atoms with Crippen LogP contribution in [0.2, 0.25) is 0 Å². The first-order valence-corrected chi connectivity index (χ1v) is 16.2. The number of pyridine rings is 1. The van der Waals surface area contributed by atoms with Crippen molar-refractivity contribution < 1.29 is 17.7 Å². The molecule has 1 atom stereocenters. The predicted octanol–water partition coefficient (Wildman–Crippen LogP) is 5.57. The molecule has 3 heterocycles. The average Bonchev–Trinajstić information content (AvgIpc) is 3.56. The molecule has 7 nitrogen and oxygen atoms in total. The van der Waals surface area contributed by atoms with Crippen molar-refractivity contribution in [3.8, 4) is 0 Å². The first kappa shape index (κ1) is 27.2. The Kier molecular flexibility index (Phi) is 7.89. The highest BCUT2D eigenvalue weighted by Crippen LogP contribution is 2.36. The van der Waals surface area contributed by atoms with Crippen molar-refractivity contribution in [2.45, 2.75) is 74.4 Å². The summed E-state index contributed by atoms with van der Waals surface area (Å²) in [6.07, 6.45) is 7.66. The minimum absolute atomic E-state index is 0.0884. The van der Waals surface area contributed by atoms with Gasteiger partial charge in [-0.3, -0.25) is 4.79 Å². The number of benzene rings is 1. The van der Waals surface area contributed by atoms with Crippen LogP contribution in [0.3, 0.4) is 0 Å². The molecule has 1 unspecified atom stereocenters. The van der Waals surface area contributed by atoms with E-state index in [0.29, 0.717) is 28.8 Å². The number of hydrogen-bond donors (Lipinski definition) is 1. The number of quaternary nitrogens is 1. The van der Waals surface area contributed by atoms with Crippen LogP contribution in [0.4, 0.5) is 5.13 Å². The third-order valence-corrected chi connectivity index (χ3v) is 11.6. The second-order valence-corrected chi connectivity index (χ2v) is 14.8. The Hall–Kier alpha value is -2.36. The van der Waals surface area contributed by atoms with Gasteiger partial charge in [0, 0.05) is 18.5 Å². The summed E-state index contributed by atoms with van der Waals surface area (Å²) < 4.78 is 27.6. The lowest BCUT2D eigenvalue weighted by Gasteiger charge is -2.36. The van der Waals surface area contributed by atoms with Gasteiger partial charge in [0.05, 0.1) is 43.2 Å². The maximum Gasteiger partial charge on any atom is 0.233 e. The molecule has 204 valence electrons. The van der Waals surface area contributed by atoms with E-state index in [1.165, 1.54) is 24.2 Å². The summed E-state index contributed by atoms with van der Waals surface area (Å²) in [6, 6.07) is 11.0. The molecule has 38 heavy (non-hydrogen) atoms. The molecular weight excluding hydrogens is 516 g/mol. The van der Waals surface area contributed by atoms with E-state index in [4.69, 9.17) is 0 Å². The normalized spacial score (nSPS) is 19.6. The molecule has 2 aliphatic rings. The smallest absolute Gasteiger partial charge is 0.233 e. The van der Waals surface area contributed by atoms with Crippen molar-refractivity contribution in [2.75, 3.05) is 32.5 Å². The monoisotopic (exact) mass is 555 g/mol. The molecule has 2 aromatic heterocycles. The second-order valence-electron chi connectivity index (χ2n) is 11.6. The van der Waals surface area contributed by atoms with E-state index in [0.717, 1.165) is 64.9 Å². The highest BCUT2D eigenvalue weighted by molar-refractivity contribution is 7.92. The lowest BCUT2D eigenvalue weighted by atomic mass is 9.87. The molecule has 1 saturated carbocycles. The van der Waals surface area contributed by atoms with Crippen LogP contribution in [0.15, 0.2) is 41.3 Å². The van der Waals surface area contributed by atoms with E-state index in [1.54, 1.807) is 12.1 Å². The van der Waals surface area contributed by atoms with Crippen molar-refractivity contribution in [3.05, 3.63) is 47.7 Å². The number of carbonyl (C=O) groups excluding carboxylic acids is 1. The fraction of sp³-hybridized carbons (Fsp3) is 0.552. The number of nitrogens with one attached hydrogen (secondary N) is 1. The van der Waals surface area contributed by atoms with Gasteiger partial charge >= 0.3 is 0 Å². The van der Waals surface area contributed by atoms with E-state index in [-0.39, 0.29) is 17.1 Å². The van der Waals surface area contributed by atoms with E-state index >= 15 is 0 Å². The van der Waals surface area contributed by atoms with Crippen LogP contribution in [-0.4, -0.2) is 61.2 Å². The van der Waals surface area contributed by atoms with E-state index in [2.05, 4.69) is 36.3 Å². The van der Waals surface area contributed by atoms with Gasteiger partial charge in [-0.05, 0) is 48.6 Å². The molecule has 0 bridgehead atoms. The zero-order chi connectivity index (χ0) is 26.9. The van der Waals surface area contributed by atoms with Crippen LogP contribution in [0, 0.1) is 5.92 Å². The van der Waals surface area contributed by atoms with Crippen LogP contribution < -0.4 is 5.32 Å². The Morgan fingerprint density at radius 1 is 1.03 bits per heavy atom. The fourth-order valence-corrected chi connectivity index (χ4v) is 8.50. The fourth-order valence-electron chi connectivity index (χ4n) is 5.91. The molecule has 0 radical (unpaired) electrons. The molecule has 2 fully saturated rings. The van der Waals surface area contributed by atoms with Gasteiger partial charge in [-0.15, -0.1) is 0 Å². The lowest BCUT2D eigenvalue weighted by molar-refractivity contribution is -0.894. The van der Waals surface area contributed by atoms with Gasteiger partial charge in [0.1, 0.15) is 10.3 Å². The Labute approximate surface area is 230 Å². The number of fused-ring (bicyclic) bond motifs is 1. The molecule has 1 N–H and O–H groups in total. The highest BCUT2D eigenvalue weighted by Gasteiger charge is 2.35. The molecule has 1 saturated heterocycles. The van der Waals surface area contributed by atoms with E-state index in [9.17, 15) is 13.2 Å². The van der Waals surface area contributed by atoms with Gasteiger partial charge in [0.25, 0.3) is 0 Å². The Bertz CT molecular complexity index is 1380. The molecule has 3 aromatic rings. The number of rotatable bonds is 8. The van der Waals surface area contributed by atoms with Crippen LogP contribution >= 0.6 is 11.3 Å². The van der Waals surface area contributed by atoms with Crippen LogP contribution in [0.25, 0.3) is 10.3 Å². The van der Waals surface area contributed by atoms with Crippen molar-refractivity contribution in [1.29, 1.82) is 0 Å². The Morgan fingerprint density at radius 3 is 2.37 bits per heavy atom. The van der Waals surface area contributed by atoms with Crippen molar-refractivity contribution in [3.63, 3.8) is 0 Å². The molecule has 5 rings (SSSR count). The van der Waals surface area contributed by atoms with Crippen molar-refractivity contribution in [2.24, 2.45) is 5.92 Å². The lowest BCUT2D eigenvalue weighted by Crippen LogP contribution is -2.49. The van der Waals surface area contributed by atoms with Gasteiger partial charge in [0.15, 0.2) is 15.0 Å². The highest BCUT2D eigenvalue weighted by atomic mass is 32.2. The number of piperidine rings is 1. The Balaban J connectivity index is 1.36. The molecule has 1 amide bonds. The number of hydrogen-bond acceptors (Lipinski definition) is 6. The van der Waals surface area contributed by atoms with Gasteiger partial charge in [-0.1, -0.05) is 56.1 Å². The number of aryl methyl sites for hydroxylation is 1. The molecule has 1 aliphatic carbocycles. The number of nitrogens with zero attached hydrogens (tertiary/aromatic N) is 3. The summed E-state index contributed by atoms with van der Waals surface area (Å²) in [5.41, 5.74) is 2.65. The van der Waals surface area contributed by atoms with Crippen LogP contribution in [0.5, 0.6) is 0 Å². The number of anilines is 1. The number of likely N-dealkylation sites (tertiary alicyclic amines) is 1. The minimum Gasteiger partial charge on any atom is -0.328 e. The van der Waals surface area contributed by atoms with Gasteiger partial charge < -0.3 is 9.80 Å². The predicted molar refractivity (Wildman–Crippen MR) is 153 cm³/mol. The summed E-state index contributed by atoms with van der Waals surface area (Å²) in [6.45, 7) is 3.80. The van der Waals surface area contributed by atoms with Gasteiger partial charge in [0.2, 0.25) is 5.91 Å². The van der Waals surface area contributed by atoms with Crippen molar-refractivity contribution >= 4 is 42.6 Å². The molecule has 1 aromatic carbocycles. The summed E-state index contributed by atoms with van der Waals surface area (Å²) >= 11 is 1.40. The van der Waals surface area contributed by atoms with E-state index in [1.807, 2.05) is 24.3 Å². The average molecular weight is 556 g/mol. The largest absolute Gasteiger partial charge is 0.328 e. The summed E-state index contributed by atoms with van der Waals surface area (Å²) in [4.78, 5) is 24.0. The number of aromatic nitrogens is 2. The zero-order valence-electron chi connectivity index (χ0n) is 22.7. The van der Waals surface area contributed by atoms with Crippen molar-refractivity contribution in [1.82, 2.24) is 9.97 Å². The topological polar surface area (TPSA) is 89.0 Å². The summed E-state index contributed by atoms with van der Waals surface area (Å²) in [5, 5.41) is 3.27. The van der Waals surface area contributed by atoms with E-state index < -0.39 is 9.84 Å². The zero-order valence-corrected chi connectivity index (χ0v) is 24.3. The number of carbonyl (C=O) groups is 1. The number of sulfone groups is 1. The summed E-state index contributed by atoms with van der Waals surface area (Å²) in [5.74, 6) is 0.0605. The molecule has 0 spiro atoms. The first-order chi connectivity index (χ1) is 18.1. The van der Waals surface area contributed by atoms with Gasteiger partial charge in [-0.2, -0.15) is 0 Å². The molecular formula is C29H39N4O3S2+. The maximum absolute atomic E-state index is 13.6. The quantitative estimate of drug-likeness (QED) is 0.367. The Morgan fingerprint density at radius 2 is 1.71 bits per heavy atom. The number of amides is 1. The molecule has 9 heteroatoms. The van der Waals surface area contributed by atoms with Gasteiger partial charge in [-0.25, -0.2) is 18.4 Å². The first-order valence-electron chi connectivity index (χ1n) is 13.9. The standard InChI is InChI=1S/C29H38N4O3S2/c1-4-22-11-14-26-28(30-22)37-29(31-26)32-27(34)25(19-20-7-5-6-8-20)21-9-12-23(13-10-21)38(35,36)24-15-17-33(2,3)18-16-24/h9-14,20,24-25H,4-8,15-19H2,1-3H3/p+1. The molecule has 1 aliphatic heterocycles. The summed E-state index contributed by atoms with van der Waals surface area (Å²) in [7, 11) is 0.914. The second kappa shape index (κ2) is 11.0. The third-order valence-electron chi connectivity index (χ3n) is 8.43. The third kappa shape index (κ3) is 5.95. The maximum atomic E-state index is 13.6. The van der Waals surface area contributed by atoms with Crippen LogP contribution in [0.1, 0.15) is 69.0 Å². The minimum atomic E-state index is -3.39.